The number of nitrogens with zero attached hydrogens (tertiary/aromatic N) is 3. The molecule has 0 atom stereocenters. The molecule has 3 rings (SSSR count). The van der Waals surface area contributed by atoms with E-state index in [4.69, 9.17) is 9.47 Å². The minimum absolute atomic E-state index is 0.0520. The molecular weight excluding hydrogens is 425 g/mol. The molecule has 1 amide bonds. The van der Waals surface area contributed by atoms with Gasteiger partial charge in [0.2, 0.25) is 0 Å². The molecule has 168 valence electrons. The highest BCUT2D eigenvalue weighted by Gasteiger charge is 2.30. The van der Waals surface area contributed by atoms with Crippen molar-refractivity contribution in [2.45, 2.75) is 25.4 Å². The maximum atomic E-state index is 12.5. The minimum Gasteiger partial charge on any atom is -0.496 e. The summed E-state index contributed by atoms with van der Waals surface area (Å²) in [6, 6.07) is 8.93. The van der Waals surface area contributed by atoms with Crippen LogP contribution in [-0.4, -0.2) is 42.2 Å². The van der Waals surface area contributed by atoms with Crippen LogP contribution in [-0.2, 0) is 5.41 Å². The molecule has 0 aliphatic rings. The highest BCUT2D eigenvalue weighted by molar-refractivity contribution is 6.00. The normalized spacial score (nSPS) is 11.8. The van der Waals surface area contributed by atoms with Gasteiger partial charge in [0.05, 0.1) is 37.6 Å². The van der Waals surface area contributed by atoms with Gasteiger partial charge in [-0.1, -0.05) is 0 Å². The summed E-state index contributed by atoms with van der Waals surface area (Å²) in [4.78, 5) is 16.8. The largest absolute Gasteiger partial charge is 0.496 e. The first-order valence-corrected chi connectivity index (χ1v) is 9.51. The van der Waals surface area contributed by atoms with Crippen LogP contribution in [0, 0.1) is 11.3 Å². The molecule has 0 aliphatic carbocycles. The average Bonchev–Trinajstić information content (AvgIpc) is 3.19. The van der Waals surface area contributed by atoms with Crippen molar-refractivity contribution in [2.24, 2.45) is 0 Å². The fourth-order valence-corrected chi connectivity index (χ4v) is 3.20. The van der Waals surface area contributed by atoms with Gasteiger partial charge in [0.15, 0.2) is 0 Å². The number of carbonyl (C=O) groups excluding carboxylic acids is 1. The Bertz CT molecular complexity index is 1180. The van der Waals surface area contributed by atoms with E-state index in [2.05, 4.69) is 11.1 Å². The Balaban J connectivity index is 2.07. The Kier molecular flexibility index (Phi) is 6.03. The van der Waals surface area contributed by atoms with E-state index in [-0.39, 0.29) is 17.1 Å². The second-order valence-electron chi connectivity index (χ2n) is 7.58. The number of nitrogens with one attached hydrogen (secondary N) is 1. The Morgan fingerprint density at radius 3 is 2.34 bits per heavy atom. The van der Waals surface area contributed by atoms with Crippen LogP contribution < -0.4 is 14.8 Å². The van der Waals surface area contributed by atoms with E-state index in [0.29, 0.717) is 16.9 Å². The van der Waals surface area contributed by atoms with Crippen molar-refractivity contribution in [1.82, 2.24) is 14.7 Å². The molecule has 0 aliphatic heterocycles. The van der Waals surface area contributed by atoms with Gasteiger partial charge < -0.3 is 14.8 Å². The van der Waals surface area contributed by atoms with Crippen LogP contribution in [0.5, 0.6) is 11.5 Å². The van der Waals surface area contributed by atoms with Gasteiger partial charge in [0, 0.05) is 11.8 Å². The summed E-state index contributed by atoms with van der Waals surface area (Å²) in [7, 11) is 2.62. The summed E-state index contributed by atoms with van der Waals surface area (Å²) in [5, 5.41) is 11.2. The lowest BCUT2D eigenvalue weighted by molar-refractivity contribution is -0.123. The molecule has 0 saturated heterocycles. The van der Waals surface area contributed by atoms with Gasteiger partial charge in [-0.05, 0) is 43.7 Å². The molecule has 0 radical (unpaired) electrons. The molecule has 1 N–H and O–H groups in total. The van der Waals surface area contributed by atoms with Gasteiger partial charge in [0.25, 0.3) is 5.91 Å². The van der Waals surface area contributed by atoms with Gasteiger partial charge in [-0.2, -0.15) is 18.4 Å². The number of alkyl halides is 3. The van der Waals surface area contributed by atoms with Crippen molar-refractivity contribution in [3.05, 3.63) is 47.8 Å². The van der Waals surface area contributed by atoms with Crippen molar-refractivity contribution >= 4 is 11.6 Å². The molecule has 0 bridgehead atoms. The zero-order valence-electron chi connectivity index (χ0n) is 17.9. The second kappa shape index (κ2) is 8.42. The molecule has 32 heavy (non-hydrogen) atoms. The number of fused-ring (bicyclic) bond motifs is 1. The predicted octanol–water partition coefficient (Wildman–Crippen LogP) is 4.11. The summed E-state index contributed by atoms with van der Waals surface area (Å²) in [5.74, 6) is -0.864. The van der Waals surface area contributed by atoms with Crippen LogP contribution in [0.1, 0.15) is 29.8 Å². The van der Waals surface area contributed by atoms with Crippen LogP contribution in [0.4, 0.5) is 13.2 Å². The van der Waals surface area contributed by atoms with Gasteiger partial charge in [-0.3, -0.25) is 9.20 Å². The van der Waals surface area contributed by atoms with E-state index in [1.165, 1.54) is 26.4 Å². The molecule has 2 heterocycles. The Morgan fingerprint density at radius 2 is 1.81 bits per heavy atom. The number of carbonyl (C=O) groups is 1. The molecule has 2 aromatic heterocycles. The molecule has 7 nitrogen and oxygen atoms in total. The summed E-state index contributed by atoms with van der Waals surface area (Å²) < 4.78 is 49.9. The highest BCUT2D eigenvalue weighted by atomic mass is 19.4. The second-order valence-corrected chi connectivity index (χ2v) is 7.58. The van der Waals surface area contributed by atoms with E-state index >= 15 is 0 Å². The molecule has 10 heteroatoms. The van der Waals surface area contributed by atoms with Crippen molar-refractivity contribution in [1.29, 1.82) is 5.26 Å². The number of hydrogen-bond donors (Lipinski definition) is 1. The van der Waals surface area contributed by atoms with Crippen LogP contribution >= 0.6 is 0 Å². The standard InChI is InChI=1S/C22H21F3N4O3/c1-21(2,11-26)14-5-6-29-15(10-27-18(29)9-14)13-7-16(31-3)19(17(8-13)32-4)20(30)28-12-22(23,24)25/h5-10H,12H2,1-4H3,(H,28,30). The van der Waals surface area contributed by atoms with Crippen molar-refractivity contribution in [2.75, 3.05) is 20.8 Å². The monoisotopic (exact) mass is 446 g/mol. The summed E-state index contributed by atoms with van der Waals surface area (Å²) >= 11 is 0. The first-order valence-electron chi connectivity index (χ1n) is 9.51. The molecule has 0 fully saturated rings. The van der Waals surface area contributed by atoms with E-state index in [9.17, 15) is 23.2 Å². The van der Waals surface area contributed by atoms with Crippen molar-refractivity contribution < 1.29 is 27.4 Å². The fraction of sp³-hybridized carbons (Fsp3) is 0.318. The Hall–Kier alpha value is -3.74. The zero-order valence-corrected chi connectivity index (χ0v) is 17.9. The van der Waals surface area contributed by atoms with Crippen LogP contribution in [0.3, 0.4) is 0 Å². The lowest BCUT2D eigenvalue weighted by atomic mass is 9.87. The number of pyridine rings is 1. The summed E-state index contributed by atoms with van der Waals surface area (Å²) in [6.45, 7) is 2.14. The van der Waals surface area contributed by atoms with Crippen molar-refractivity contribution in [3.63, 3.8) is 0 Å². The van der Waals surface area contributed by atoms with Gasteiger partial charge in [-0.25, -0.2) is 4.98 Å². The lowest BCUT2D eigenvalue weighted by Crippen LogP contribution is -2.34. The zero-order chi connectivity index (χ0) is 23.7. The number of benzene rings is 1. The summed E-state index contributed by atoms with van der Waals surface area (Å²) in [6.07, 6.45) is -1.17. The molecular formula is C22H21F3N4O3. The number of nitriles is 1. The number of aromatic nitrogens is 2. The molecule has 1 aromatic carbocycles. The van der Waals surface area contributed by atoms with Crippen LogP contribution in [0.25, 0.3) is 16.9 Å². The maximum absolute atomic E-state index is 12.5. The fourth-order valence-electron chi connectivity index (χ4n) is 3.20. The molecule has 0 saturated carbocycles. The average molecular weight is 446 g/mol. The third-order valence-corrected chi connectivity index (χ3v) is 4.99. The first kappa shape index (κ1) is 22.9. The Morgan fingerprint density at radius 1 is 1.19 bits per heavy atom. The molecule has 0 unspecified atom stereocenters. The van der Waals surface area contributed by atoms with Crippen molar-refractivity contribution in [3.8, 4) is 28.8 Å². The number of imidazole rings is 1. The van der Waals surface area contributed by atoms with Gasteiger partial charge in [-0.15, -0.1) is 0 Å². The lowest BCUT2D eigenvalue weighted by Gasteiger charge is -2.17. The summed E-state index contributed by atoms with van der Waals surface area (Å²) in [5.41, 5.74) is 1.79. The van der Waals surface area contributed by atoms with E-state index in [0.717, 1.165) is 5.56 Å². The Labute approximate surface area is 182 Å². The highest BCUT2D eigenvalue weighted by Crippen LogP contribution is 2.36. The minimum atomic E-state index is -4.55. The van der Waals surface area contributed by atoms with E-state index < -0.39 is 24.0 Å². The van der Waals surface area contributed by atoms with Crippen LogP contribution in [0.15, 0.2) is 36.7 Å². The smallest absolute Gasteiger partial charge is 0.405 e. The third-order valence-electron chi connectivity index (χ3n) is 4.99. The first-order chi connectivity index (χ1) is 15.0. The van der Waals surface area contributed by atoms with Crippen LogP contribution in [0.2, 0.25) is 0 Å². The van der Waals surface area contributed by atoms with E-state index in [1.54, 1.807) is 36.7 Å². The van der Waals surface area contributed by atoms with Gasteiger partial charge in [0.1, 0.15) is 29.3 Å². The number of rotatable bonds is 6. The van der Waals surface area contributed by atoms with Gasteiger partial charge >= 0.3 is 6.18 Å². The number of hydrogen-bond acceptors (Lipinski definition) is 5. The molecule has 0 spiro atoms. The topological polar surface area (TPSA) is 88.7 Å². The predicted molar refractivity (Wildman–Crippen MR) is 111 cm³/mol. The number of halogens is 3. The maximum Gasteiger partial charge on any atom is 0.405 e. The molecule has 3 aromatic rings. The quantitative estimate of drug-likeness (QED) is 0.616. The van der Waals surface area contributed by atoms with E-state index in [1.807, 2.05) is 11.4 Å². The third kappa shape index (κ3) is 4.46. The number of ether oxygens (including phenoxy) is 2. The SMILES string of the molecule is COc1cc(-c2cnc3cc(C(C)(C)C#N)ccn23)cc(OC)c1C(=O)NCC(F)(F)F. The number of methoxy groups -OCH3 is 2. The number of amides is 1.